The van der Waals surface area contributed by atoms with Crippen molar-refractivity contribution < 1.29 is 44.7 Å². The van der Waals surface area contributed by atoms with Gasteiger partial charge in [0, 0.05) is 17.1 Å². The zero-order valence-electron chi connectivity index (χ0n) is 19.7. The number of nitrogens with zero attached hydrogens (tertiary/aromatic N) is 1. The molecule has 7 N–H and O–H groups in total. The molecule has 3 aliphatic rings. The Morgan fingerprint density at radius 2 is 1.81 bits per heavy atom. The summed E-state index contributed by atoms with van der Waals surface area (Å²) in [5, 5.41) is 56.0. The molecule has 1 fully saturated rings. The number of aromatic hydroxyl groups is 1. The number of primary amides is 1. The van der Waals surface area contributed by atoms with E-state index in [4.69, 9.17) is 5.73 Å². The maximum Gasteiger partial charge on any atom is 0.255 e. The summed E-state index contributed by atoms with van der Waals surface area (Å²) in [7, 11) is 2.88. The van der Waals surface area contributed by atoms with E-state index in [2.05, 4.69) is 0 Å². The lowest BCUT2D eigenvalue weighted by atomic mass is 9.54. The lowest BCUT2D eigenvalue weighted by Crippen LogP contribution is -2.70. The van der Waals surface area contributed by atoms with Crippen molar-refractivity contribution in [1.29, 1.82) is 0 Å². The van der Waals surface area contributed by atoms with Gasteiger partial charge in [-0.25, -0.2) is 0 Å². The summed E-state index contributed by atoms with van der Waals surface area (Å²) in [6.07, 6.45) is 1.25. The minimum Gasteiger partial charge on any atom is -0.508 e. The van der Waals surface area contributed by atoms with Crippen molar-refractivity contribution in [3.8, 4) is 5.75 Å². The van der Waals surface area contributed by atoms with Gasteiger partial charge in [-0.3, -0.25) is 24.1 Å². The fourth-order valence-corrected chi connectivity index (χ4v) is 5.91. The van der Waals surface area contributed by atoms with Crippen molar-refractivity contribution >= 4 is 35.6 Å². The second-order valence-corrected chi connectivity index (χ2v) is 9.51. The SMILES string of the molecule is C[C@H]1c2ccc(/C=C/C=O)c(O)c2C(O)=C2C(=O)[C@]3(O)C(O)=C(C(N)=O)C(=O)[C@@H](N(C)C)[C@@H]3[C@@H](O)[C@@H]21. The molecule has 0 unspecified atom stereocenters. The first kappa shape index (κ1) is 25.3. The molecule has 0 radical (unpaired) electrons. The highest BCUT2D eigenvalue weighted by Gasteiger charge is 2.68. The number of benzene rings is 1. The Labute approximate surface area is 205 Å². The van der Waals surface area contributed by atoms with Crippen LogP contribution in [-0.4, -0.2) is 86.0 Å². The third-order valence-electron chi connectivity index (χ3n) is 7.52. The lowest BCUT2D eigenvalue weighted by molar-refractivity contribution is -0.169. The van der Waals surface area contributed by atoms with Crippen molar-refractivity contribution in [2.75, 3.05) is 14.1 Å². The number of aliphatic hydroxyl groups excluding tert-OH is 3. The zero-order chi connectivity index (χ0) is 26.9. The van der Waals surface area contributed by atoms with Gasteiger partial charge in [0.15, 0.2) is 11.4 Å². The molecule has 11 nitrogen and oxygen atoms in total. The van der Waals surface area contributed by atoms with E-state index in [1.54, 1.807) is 13.0 Å². The number of carbonyl (C=O) groups excluding carboxylic acids is 4. The summed E-state index contributed by atoms with van der Waals surface area (Å²) < 4.78 is 0. The molecule has 3 aliphatic carbocycles. The van der Waals surface area contributed by atoms with E-state index < -0.39 is 81.4 Å². The van der Waals surface area contributed by atoms with Gasteiger partial charge in [-0.15, -0.1) is 0 Å². The molecule has 36 heavy (non-hydrogen) atoms. The van der Waals surface area contributed by atoms with Crippen LogP contribution in [0.2, 0.25) is 0 Å². The molecule has 0 spiro atoms. The molecule has 1 saturated carbocycles. The van der Waals surface area contributed by atoms with Crippen LogP contribution in [-0.2, 0) is 19.2 Å². The van der Waals surface area contributed by atoms with Crippen LogP contribution in [0.5, 0.6) is 5.75 Å². The molecule has 0 saturated heterocycles. The smallest absolute Gasteiger partial charge is 0.255 e. The summed E-state index contributed by atoms with van der Waals surface area (Å²) >= 11 is 0. The van der Waals surface area contributed by atoms with Crippen LogP contribution in [0.4, 0.5) is 0 Å². The number of phenols is 1. The van der Waals surface area contributed by atoms with Crippen molar-refractivity contribution in [2.45, 2.75) is 30.6 Å². The number of carbonyl (C=O) groups is 4. The molecule has 0 bridgehead atoms. The average Bonchev–Trinajstić information content (AvgIpc) is 2.80. The standard InChI is InChI=1S/C25H26N2O9/c1-9-11-7-6-10(5-4-8-28)18(29)13(11)19(30)14-12(9)20(31)16-17(27(2)3)21(32)15(24(26)35)23(34)25(16,36)22(14)33/h4-9,12,16-17,20,29-31,34,36H,1-3H3,(H2,26,35)/b5-4+/t9-,12+,16+,17-,20-,25-/m0/s1. The first-order chi connectivity index (χ1) is 16.8. The molecule has 0 heterocycles. The van der Waals surface area contributed by atoms with Gasteiger partial charge < -0.3 is 31.3 Å². The number of likely N-dealkylation sites (N-methyl/N-ethyl adjacent to an activating group) is 1. The number of Topliss-reactive ketones (excluding diaryl/α,β-unsaturated/α-hetero) is 2. The monoisotopic (exact) mass is 498 g/mol. The van der Waals surface area contributed by atoms with Crippen LogP contribution in [0.25, 0.3) is 11.8 Å². The van der Waals surface area contributed by atoms with E-state index in [1.165, 1.54) is 31.1 Å². The third kappa shape index (κ3) is 3.10. The van der Waals surface area contributed by atoms with E-state index in [-0.39, 0.29) is 11.1 Å². The van der Waals surface area contributed by atoms with Crippen molar-refractivity contribution in [3.05, 3.63) is 51.8 Å². The van der Waals surface area contributed by atoms with Gasteiger partial charge >= 0.3 is 0 Å². The van der Waals surface area contributed by atoms with Crippen LogP contribution in [0.3, 0.4) is 0 Å². The number of phenolic OH excluding ortho intramolecular Hbond substituents is 1. The van der Waals surface area contributed by atoms with E-state index in [0.717, 1.165) is 6.08 Å². The van der Waals surface area contributed by atoms with Gasteiger partial charge in [0.2, 0.25) is 5.78 Å². The quantitative estimate of drug-likeness (QED) is 0.182. The van der Waals surface area contributed by atoms with Crippen molar-refractivity contribution in [3.63, 3.8) is 0 Å². The molecule has 1 amide bonds. The Morgan fingerprint density at radius 1 is 1.17 bits per heavy atom. The molecule has 1 aromatic rings. The Kier molecular flexibility index (Phi) is 5.90. The minimum atomic E-state index is -2.96. The molecule has 1 aromatic carbocycles. The number of nitrogens with two attached hydrogens (primary N) is 1. The molecule has 6 atom stereocenters. The Hall–Kier alpha value is -3.80. The molecule has 0 aliphatic heterocycles. The number of ketones is 2. The predicted octanol–water partition coefficient (Wildman–Crippen LogP) is -0.292. The summed E-state index contributed by atoms with van der Waals surface area (Å²) in [4.78, 5) is 51.0. The Morgan fingerprint density at radius 3 is 2.36 bits per heavy atom. The summed E-state index contributed by atoms with van der Waals surface area (Å²) in [5.74, 6) is -9.49. The number of aldehydes is 1. The number of hydrogen-bond acceptors (Lipinski definition) is 10. The molecule has 0 aromatic heterocycles. The number of rotatable bonds is 4. The number of fused-ring (bicyclic) bond motifs is 3. The van der Waals surface area contributed by atoms with Crippen molar-refractivity contribution in [2.24, 2.45) is 17.6 Å². The number of hydrogen-bond donors (Lipinski definition) is 6. The van der Waals surface area contributed by atoms with Gasteiger partial charge in [-0.05, 0) is 37.7 Å². The highest BCUT2D eigenvalue weighted by atomic mass is 16.4. The van der Waals surface area contributed by atoms with Gasteiger partial charge in [0.1, 0.15) is 29.1 Å². The Bertz CT molecular complexity index is 1310. The van der Waals surface area contributed by atoms with Crippen LogP contribution < -0.4 is 5.73 Å². The fraction of sp³-hybridized carbons (Fsp3) is 0.360. The third-order valence-corrected chi connectivity index (χ3v) is 7.52. The maximum atomic E-state index is 13.9. The summed E-state index contributed by atoms with van der Waals surface area (Å²) in [6.45, 7) is 1.64. The topological polar surface area (TPSA) is 199 Å². The first-order valence-electron chi connectivity index (χ1n) is 11.1. The molecule has 11 heteroatoms. The highest BCUT2D eigenvalue weighted by molar-refractivity contribution is 6.24. The second kappa shape index (κ2) is 8.40. The highest BCUT2D eigenvalue weighted by Crippen LogP contribution is 2.56. The average molecular weight is 498 g/mol. The Balaban J connectivity index is 2.04. The molecular formula is C25H26N2O9. The first-order valence-corrected chi connectivity index (χ1v) is 11.1. The molecular weight excluding hydrogens is 472 g/mol. The lowest BCUT2D eigenvalue weighted by Gasteiger charge is -2.53. The largest absolute Gasteiger partial charge is 0.508 e. The number of amides is 1. The van der Waals surface area contributed by atoms with Crippen molar-refractivity contribution in [1.82, 2.24) is 4.90 Å². The number of allylic oxidation sites excluding steroid dienone is 1. The zero-order valence-corrected chi connectivity index (χ0v) is 19.7. The minimum absolute atomic E-state index is 0.140. The summed E-state index contributed by atoms with van der Waals surface area (Å²) in [5.41, 5.74) is 1.27. The fourth-order valence-electron chi connectivity index (χ4n) is 5.91. The maximum absolute atomic E-state index is 13.9. The van der Waals surface area contributed by atoms with Gasteiger partial charge in [-0.2, -0.15) is 0 Å². The molecule has 190 valence electrons. The normalized spacial score (nSPS) is 32.0. The second-order valence-electron chi connectivity index (χ2n) is 9.51. The van der Waals surface area contributed by atoms with Gasteiger partial charge in [0.25, 0.3) is 5.91 Å². The van der Waals surface area contributed by atoms with Gasteiger partial charge in [0.05, 0.1) is 23.6 Å². The van der Waals surface area contributed by atoms with Crippen LogP contribution in [0, 0.1) is 11.8 Å². The van der Waals surface area contributed by atoms with E-state index >= 15 is 0 Å². The summed E-state index contributed by atoms with van der Waals surface area (Å²) in [6, 6.07) is 1.65. The van der Waals surface area contributed by atoms with E-state index in [0.29, 0.717) is 11.8 Å². The number of aliphatic hydroxyl groups is 4. The van der Waals surface area contributed by atoms with Crippen LogP contribution in [0.1, 0.15) is 29.5 Å². The van der Waals surface area contributed by atoms with Crippen LogP contribution in [0.15, 0.2) is 35.1 Å². The van der Waals surface area contributed by atoms with Crippen LogP contribution >= 0.6 is 0 Å². The van der Waals surface area contributed by atoms with E-state index in [9.17, 15) is 44.7 Å². The van der Waals surface area contributed by atoms with Gasteiger partial charge in [-0.1, -0.05) is 19.1 Å². The van der Waals surface area contributed by atoms with E-state index in [1.807, 2.05) is 0 Å². The molecule has 4 rings (SSSR count). The predicted molar refractivity (Wildman–Crippen MR) is 125 cm³/mol.